The van der Waals surface area contributed by atoms with E-state index in [2.05, 4.69) is 48.9 Å². The number of amidine groups is 1. The first-order chi connectivity index (χ1) is 15.3. The molecule has 0 aromatic heterocycles. The Balaban J connectivity index is 1.53. The van der Waals surface area contributed by atoms with Crippen LogP contribution in [0.1, 0.15) is 39.2 Å². The molecule has 7 heteroatoms. The van der Waals surface area contributed by atoms with E-state index in [0.717, 1.165) is 47.9 Å². The highest BCUT2D eigenvalue weighted by atomic mass is 16.5. The van der Waals surface area contributed by atoms with Gasteiger partial charge in [-0.05, 0) is 63.4 Å². The van der Waals surface area contributed by atoms with Crippen LogP contribution in [0.4, 0.5) is 16.2 Å². The number of ether oxygens (including phenoxy) is 1. The summed E-state index contributed by atoms with van der Waals surface area (Å²) < 4.78 is 5.28. The third kappa shape index (κ3) is 4.82. The van der Waals surface area contributed by atoms with Crippen LogP contribution in [0.5, 0.6) is 5.75 Å². The smallest absolute Gasteiger partial charge is 0.317 e. The average molecular weight is 436 g/mol. The first kappa shape index (κ1) is 22.0. The zero-order valence-corrected chi connectivity index (χ0v) is 19.4. The molecule has 0 radical (unpaired) electrons. The summed E-state index contributed by atoms with van der Waals surface area (Å²) in [6.45, 7) is 8.01. The molecule has 2 aromatic carbocycles. The van der Waals surface area contributed by atoms with Crippen molar-refractivity contribution < 1.29 is 9.53 Å². The van der Waals surface area contributed by atoms with Crippen LogP contribution in [0.2, 0.25) is 0 Å². The Kier molecular flexibility index (Phi) is 6.00. The second-order valence-corrected chi connectivity index (χ2v) is 9.54. The zero-order valence-electron chi connectivity index (χ0n) is 19.4. The fourth-order valence-electron chi connectivity index (χ4n) is 4.33. The molecule has 1 atom stereocenters. The van der Waals surface area contributed by atoms with Crippen LogP contribution in [0, 0.1) is 0 Å². The molecule has 1 fully saturated rings. The van der Waals surface area contributed by atoms with Gasteiger partial charge in [-0.1, -0.05) is 24.3 Å². The van der Waals surface area contributed by atoms with Crippen molar-refractivity contribution in [2.24, 2.45) is 4.99 Å². The maximum atomic E-state index is 13.1. The molecule has 2 heterocycles. The van der Waals surface area contributed by atoms with Crippen LogP contribution in [-0.2, 0) is 6.54 Å². The number of anilines is 2. The summed E-state index contributed by atoms with van der Waals surface area (Å²) in [5.74, 6) is 1.68. The Hall–Kier alpha value is -3.22. The van der Waals surface area contributed by atoms with Crippen molar-refractivity contribution in [2.75, 3.05) is 30.8 Å². The lowest BCUT2D eigenvalue weighted by molar-refractivity contribution is 0.173. The molecule has 2 aliphatic rings. The highest BCUT2D eigenvalue weighted by Crippen LogP contribution is 2.37. The first-order valence-corrected chi connectivity index (χ1v) is 11.2. The standard InChI is InChI=1S/C25H33N5O2/c1-24(2,3)29-22-25(28-21-12-6-5-11-20(21)27-22)13-8-14-30(17-25)23(31)26-16-18-9-7-10-19(15-18)32-4/h5-7,9-12,15,28H,8,13-14,16-17H2,1-4H3,(H,26,31)(H,27,29)/t25-/m0/s1. The number of urea groups is 1. The minimum absolute atomic E-state index is 0.0670. The highest BCUT2D eigenvalue weighted by Gasteiger charge is 2.45. The fraction of sp³-hybridized carbons (Fsp3) is 0.440. The monoisotopic (exact) mass is 435 g/mol. The SMILES string of the molecule is COc1cccc(CNC(=O)N2CCC[C@@]3(C2)Nc2ccccc2NC3=NC(C)(C)C)c1. The minimum Gasteiger partial charge on any atom is -0.497 e. The molecule has 2 amide bonds. The zero-order chi connectivity index (χ0) is 22.8. The van der Waals surface area contributed by atoms with Gasteiger partial charge in [-0.2, -0.15) is 0 Å². The maximum Gasteiger partial charge on any atom is 0.317 e. The second-order valence-electron chi connectivity index (χ2n) is 9.54. The Labute approximate surface area is 190 Å². The molecule has 3 N–H and O–H groups in total. The van der Waals surface area contributed by atoms with Gasteiger partial charge in [-0.15, -0.1) is 0 Å². The molecule has 0 aliphatic carbocycles. The van der Waals surface area contributed by atoms with Crippen molar-refractivity contribution in [1.82, 2.24) is 10.2 Å². The van der Waals surface area contributed by atoms with Gasteiger partial charge in [-0.3, -0.25) is 4.99 Å². The molecular weight excluding hydrogens is 402 g/mol. The van der Waals surface area contributed by atoms with Crippen LogP contribution in [0.15, 0.2) is 53.5 Å². The van der Waals surface area contributed by atoms with Gasteiger partial charge in [0.1, 0.15) is 17.1 Å². The number of amides is 2. The lowest BCUT2D eigenvalue weighted by atomic mass is 9.85. The summed E-state index contributed by atoms with van der Waals surface area (Å²) in [5.41, 5.74) is 2.39. The van der Waals surface area contributed by atoms with E-state index in [0.29, 0.717) is 13.1 Å². The molecule has 170 valence electrons. The Morgan fingerprint density at radius 3 is 2.72 bits per heavy atom. The van der Waals surface area contributed by atoms with Gasteiger partial charge in [0.15, 0.2) is 0 Å². The Bertz CT molecular complexity index is 1010. The topological polar surface area (TPSA) is 78.0 Å². The van der Waals surface area contributed by atoms with Gasteiger partial charge in [0.2, 0.25) is 0 Å². The number of rotatable bonds is 3. The third-order valence-corrected chi connectivity index (χ3v) is 5.81. The number of nitrogens with zero attached hydrogens (tertiary/aromatic N) is 2. The molecule has 2 aromatic rings. The lowest BCUT2D eigenvalue weighted by Gasteiger charge is -2.47. The van der Waals surface area contributed by atoms with Gasteiger partial charge in [0, 0.05) is 13.1 Å². The number of aliphatic imine (C=N–C) groups is 1. The van der Waals surface area contributed by atoms with Gasteiger partial charge in [0.25, 0.3) is 0 Å². The quantitative estimate of drug-likeness (QED) is 0.665. The molecule has 0 unspecified atom stereocenters. The number of hydrogen-bond donors (Lipinski definition) is 3. The number of nitrogens with one attached hydrogen (secondary N) is 3. The van der Waals surface area contributed by atoms with Crippen molar-refractivity contribution >= 4 is 23.2 Å². The maximum absolute atomic E-state index is 13.1. The van der Waals surface area contributed by atoms with E-state index in [9.17, 15) is 4.79 Å². The van der Waals surface area contributed by atoms with E-state index in [1.165, 1.54) is 0 Å². The van der Waals surface area contributed by atoms with Crippen molar-refractivity contribution in [3.63, 3.8) is 0 Å². The molecule has 1 spiro atoms. The molecule has 7 nitrogen and oxygen atoms in total. The summed E-state index contributed by atoms with van der Waals surface area (Å²) in [7, 11) is 1.64. The van der Waals surface area contributed by atoms with Crippen LogP contribution in [-0.4, -0.2) is 48.0 Å². The number of para-hydroxylation sites is 2. The number of likely N-dealkylation sites (tertiary alicyclic amines) is 1. The molecule has 0 saturated carbocycles. The van der Waals surface area contributed by atoms with Crippen LogP contribution < -0.4 is 20.7 Å². The summed E-state index contributed by atoms with van der Waals surface area (Å²) in [4.78, 5) is 20.0. The van der Waals surface area contributed by atoms with Crippen molar-refractivity contribution in [2.45, 2.75) is 51.2 Å². The Morgan fingerprint density at radius 2 is 1.97 bits per heavy atom. The van der Waals surface area contributed by atoms with E-state index < -0.39 is 5.54 Å². The molecule has 4 rings (SSSR count). The van der Waals surface area contributed by atoms with Crippen LogP contribution in [0.25, 0.3) is 0 Å². The molecule has 0 bridgehead atoms. The molecule has 32 heavy (non-hydrogen) atoms. The molecule has 1 saturated heterocycles. The van der Waals surface area contributed by atoms with Crippen LogP contribution in [0.3, 0.4) is 0 Å². The summed E-state index contributed by atoms with van der Waals surface area (Å²) >= 11 is 0. The molecule has 2 aliphatic heterocycles. The van der Waals surface area contributed by atoms with Gasteiger partial charge in [-0.25, -0.2) is 4.79 Å². The number of methoxy groups -OCH3 is 1. The van der Waals surface area contributed by atoms with E-state index in [4.69, 9.17) is 9.73 Å². The second kappa shape index (κ2) is 8.73. The normalized spacial score (nSPS) is 21.5. The predicted octanol–water partition coefficient (Wildman–Crippen LogP) is 4.47. The fourth-order valence-corrected chi connectivity index (χ4v) is 4.33. The van der Waals surface area contributed by atoms with Crippen molar-refractivity contribution in [3.8, 4) is 5.75 Å². The van der Waals surface area contributed by atoms with Crippen molar-refractivity contribution in [1.29, 1.82) is 0 Å². The van der Waals surface area contributed by atoms with E-state index in [1.54, 1.807) is 7.11 Å². The average Bonchev–Trinajstić information content (AvgIpc) is 2.77. The minimum atomic E-state index is -0.437. The predicted molar refractivity (Wildman–Crippen MR) is 130 cm³/mol. The van der Waals surface area contributed by atoms with Crippen LogP contribution >= 0.6 is 0 Å². The van der Waals surface area contributed by atoms with E-state index in [1.807, 2.05) is 41.3 Å². The molecular formula is C25H33N5O2. The summed E-state index contributed by atoms with van der Waals surface area (Å²) in [6.07, 6.45) is 1.80. The number of benzene rings is 2. The number of hydrogen-bond acceptors (Lipinski definition) is 4. The summed E-state index contributed by atoms with van der Waals surface area (Å²) in [5, 5.41) is 10.4. The number of piperidine rings is 1. The first-order valence-electron chi connectivity index (χ1n) is 11.2. The highest BCUT2D eigenvalue weighted by molar-refractivity contribution is 6.10. The Morgan fingerprint density at radius 1 is 1.19 bits per heavy atom. The van der Waals surface area contributed by atoms with Crippen molar-refractivity contribution in [3.05, 3.63) is 54.1 Å². The van der Waals surface area contributed by atoms with E-state index >= 15 is 0 Å². The number of carbonyl (C=O) groups is 1. The lowest BCUT2D eigenvalue weighted by Crippen LogP contribution is -2.63. The third-order valence-electron chi connectivity index (χ3n) is 5.81. The number of fused-ring (bicyclic) bond motifs is 1. The van der Waals surface area contributed by atoms with Gasteiger partial charge in [0.05, 0.1) is 30.6 Å². The summed E-state index contributed by atoms with van der Waals surface area (Å²) in [6, 6.07) is 15.8. The van der Waals surface area contributed by atoms with Gasteiger partial charge >= 0.3 is 6.03 Å². The largest absolute Gasteiger partial charge is 0.497 e. The van der Waals surface area contributed by atoms with E-state index in [-0.39, 0.29) is 11.6 Å². The number of carbonyl (C=O) groups excluding carboxylic acids is 1. The van der Waals surface area contributed by atoms with Gasteiger partial charge < -0.3 is 25.6 Å².